The lowest BCUT2D eigenvalue weighted by molar-refractivity contribution is -0.134. The van der Waals surface area contributed by atoms with Crippen LogP contribution in [0.3, 0.4) is 0 Å². The van der Waals surface area contributed by atoms with Crippen LogP contribution in [0.25, 0.3) is 10.8 Å². The number of rotatable bonds is 12. The number of likely N-dealkylation sites (N-methyl/N-ethyl adjacent to an activating group) is 1. The molecule has 1 aromatic heterocycles. The van der Waals surface area contributed by atoms with Gasteiger partial charge in [-0.3, -0.25) is 10.1 Å². The summed E-state index contributed by atoms with van der Waals surface area (Å²) in [6.07, 6.45) is 0.0232. The van der Waals surface area contributed by atoms with E-state index in [1.165, 1.54) is 24.1 Å². The number of fused-ring (bicyclic) bond motifs is 1. The molecule has 0 aliphatic heterocycles. The predicted octanol–water partition coefficient (Wildman–Crippen LogP) is 4.04. The van der Waals surface area contributed by atoms with E-state index in [1.54, 1.807) is 18.3 Å². The summed E-state index contributed by atoms with van der Waals surface area (Å²) in [6, 6.07) is 13.0. The van der Waals surface area contributed by atoms with Gasteiger partial charge in [-0.2, -0.15) is 0 Å². The zero-order valence-electron chi connectivity index (χ0n) is 20.3. The Labute approximate surface area is 226 Å². The van der Waals surface area contributed by atoms with Gasteiger partial charge in [0.2, 0.25) is 5.91 Å². The highest BCUT2D eigenvalue weighted by atomic mass is 35.5. The third-order valence-corrected chi connectivity index (χ3v) is 6.10. The van der Waals surface area contributed by atoms with Crippen molar-refractivity contribution in [1.82, 2.24) is 9.88 Å². The lowest BCUT2D eigenvalue weighted by atomic mass is 10.1. The summed E-state index contributed by atoms with van der Waals surface area (Å²) >= 11 is 5.98. The van der Waals surface area contributed by atoms with Crippen molar-refractivity contribution in [2.24, 2.45) is 0 Å². The Balaban J connectivity index is 0.00000507. The van der Waals surface area contributed by atoms with Gasteiger partial charge in [-0.15, -0.1) is 0 Å². The van der Waals surface area contributed by atoms with Crippen LogP contribution in [0.1, 0.15) is 19.4 Å². The fourth-order valence-electron chi connectivity index (χ4n) is 3.49. The van der Waals surface area contributed by atoms with Gasteiger partial charge in [-0.1, -0.05) is 55.4 Å². The maximum Gasteiger partial charge on any atom is 0.412 e. The van der Waals surface area contributed by atoms with Crippen molar-refractivity contribution < 1.29 is 33.7 Å². The Hall–Kier alpha value is -3.31. The van der Waals surface area contributed by atoms with Crippen molar-refractivity contribution in [1.29, 1.82) is 0 Å². The van der Waals surface area contributed by atoms with Gasteiger partial charge in [-0.05, 0) is 29.5 Å². The minimum atomic E-state index is -1.08. The van der Waals surface area contributed by atoms with E-state index < -0.39 is 30.7 Å². The summed E-state index contributed by atoms with van der Waals surface area (Å²) in [7, 11) is 1.53. The normalized spacial score (nSPS) is 12.3. The molecule has 3 rings (SSSR count). The molecule has 1 heterocycles. The van der Waals surface area contributed by atoms with E-state index in [9.17, 15) is 19.1 Å². The highest BCUT2D eigenvalue weighted by Gasteiger charge is 2.23. The number of hydrogen-bond donors (Lipinski definition) is 3. The van der Waals surface area contributed by atoms with Gasteiger partial charge in [0.05, 0.1) is 30.9 Å². The fraction of sp³-hybridized carbons (Fsp3) is 0.370. The van der Waals surface area contributed by atoms with Crippen molar-refractivity contribution in [2.75, 3.05) is 38.8 Å². The molecular formula is C27H33ClFN3O6. The topological polar surface area (TPSA) is 121 Å². The maximum atomic E-state index is 13.7. The smallest absolute Gasteiger partial charge is 0.412 e. The van der Waals surface area contributed by atoms with Gasteiger partial charge < -0.3 is 24.6 Å². The summed E-state index contributed by atoms with van der Waals surface area (Å²) in [6.45, 7) is -0.925. The number of carbonyl (C=O) groups is 2. The van der Waals surface area contributed by atoms with Crippen LogP contribution in [0.15, 0.2) is 54.7 Å². The summed E-state index contributed by atoms with van der Waals surface area (Å²) in [5.74, 6) is -0.565. The third kappa shape index (κ3) is 8.91. The zero-order valence-corrected chi connectivity index (χ0v) is 21.0. The lowest BCUT2D eigenvalue weighted by Gasteiger charge is -2.28. The first-order chi connectivity index (χ1) is 17.8. The minimum absolute atomic E-state index is 0. The van der Waals surface area contributed by atoms with Crippen LogP contribution in [-0.4, -0.2) is 77.7 Å². The average Bonchev–Trinajstić information content (AvgIpc) is 2.90. The van der Waals surface area contributed by atoms with E-state index in [0.29, 0.717) is 11.4 Å². The van der Waals surface area contributed by atoms with Crippen molar-refractivity contribution in [2.45, 2.75) is 32.4 Å². The van der Waals surface area contributed by atoms with Gasteiger partial charge in [0.25, 0.3) is 0 Å². The molecule has 9 nitrogen and oxygen atoms in total. The van der Waals surface area contributed by atoms with E-state index in [2.05, 4.69) is 10.3 Å². The van der Waals surface area contributed by atoms with Crippen LogP contribution in [0.4, 0.5) is 15.0 Å². The second kappa shape index (κ2) is 15.2. The van der Waals surface area contributed by atoms with E-state index in [-0.39, 0.29) is 51.0 Å². The molecule has 0 aliphatic rings. The number of carbonyl (C=O) groups excluding carboxylic acids is 2. The van der Waals surface area contributed by atoms with Crippen LogP contribution >= 0.6 is 11.6 Å². The quantitative estimate of drug-likeness (QED) is 0.312. The van der Waals surface area contributed by atoms with Gasteiger partial charge in [0, 0.05) is 25.1 Å². The molecule has 2 amide bonds. The molecule has 206 valence electrons. The SMILES string of the molecule is C.CN(C(=O)CCc1cccc(F)c1Cl)[C@@H](COC[C@H](O)CO)COC(=O)Nc1cc2ccccc2cn1. The number of aryl methyl sites for hydroxylation is 1. The molecule has 0 saturated carbocycles. The summed E-state index contributed by atoms with van der Waals surface area (Å²) in [4.78, 5) is 30.8. The van der Waals surface area contributed by atoms with Crippen molar-refractivity contribution in [3.05, 3.63) is 71.1 Å². The molecule has 2 atom stereocenters. The molecule has 38 heavy (non-hydrogen) atoms. The van der Waals surface area contributed by atoms with Crippen molar-refractivity contribution in [3.8, 4) is 0 Å². The molecule has 3 N–H and O–H groups in total. The van der Waals surface area contributed by atoms with E-state index >= 15 is 0 Å². The number of pyridine rings is 1. The molecule has 0 bridgehead atoms. The third-order valence-electron chi connectivity index (χ3n) is 5.68. The number of amides is 2. The highest BCUT2D eigenvalue weighted by Crippen LogP contribution is 2.21. The number of hydrogen-bond acceptors (Lipinski definition) is 7. The Morgan fingerprint density at radius 3 is 2.61 bits per heavy atom. The molecule has 0 fully saturated rings. The number of anilines is 1. The van der Waals surface area contributed by atoms with Crippen molar-refractivity contribution in [3.63, 3.8) is 0 Å². The molecule has 0 unspecified atom stereocenters. The Kier molecular flexibility index (Phi) is 12.4. The van der Waals surface area contributed by atoms with Gasteiger partial charge in [-0.25, -0.2) is 14.2 Å². The molecule has 3 aromatic rings. The molecular weight excluding hydrogens is 517 g/mol. The van der Waals surface area contributed by atoms with Crippen LogP contribution < -0.4 is 5.32 Å². The largest absolute Gasteiger partial charge is 0.447 e. The number of nitrogens with zero attached hydrogens (tertiary/aromatic N) is 2. The number of ether oxygens (including phenoxy) is 2. The summed E-state index contributed by atoms with van der Waals surface area (Å²) in [5, 5.41) is 22.9. The Morgan fingerprint density at radius 2 is 1.87 bits per heavy atom. The molecule has 0 aliphatic carbocycles. The molecule has 11 heteroatoms. The van der Waals surface area contributed by atoms with Crippen LogP contribution in [0, 0.1) is 5.82 Å². The van der Waals surface area contributed by atoms with Crippen molar-refractivity contribution >= 4 is 40.2 Å². The summed E-state index contributed by atoms with van der Waals surface area (Å²) < 4.78 is 24.4. The maximum absolute atomic E-state index is 13.7. The monoisotopic (exact) mass is 549 g/mol. The van der Waals surface area contributed by atoms with Gasteiger partial charge in [0.1, 0.15) is 24.3 Å². The number of nitrogens with one attached hydrogen (secondary N) is 1. The molecule has 2 aromatic carbocycles. The minimum Gasteiger partial charge on any atom is -0.447 e. The molecule has 0 radical (unpaired) electrons. The second-order valence-corrected chi connectivity index (χ2v) is 8.76. The first-order valence-electron chi connectivity index (χ1n) is 11.6. The Bertz CT molecular complexity index is 1210. The summed E-state index contributed by atoms with van der Waals surface area (Å²) in [5.41, 5.74) is 0.501. The number of aliphatic hydroxyl groups is 2. The van der Waals surface area contributed by atoms with E-state index in [4.69, 9.17) is 26.2 Å². The van der Waals surface area contributed by atoms with Gasteiger partial charge in [0.15, 0.2) is 0 Å². The first-order valence-corrected chi connectivity index (χ1v) is 12.0. The number of aliphatic hydroxyl groups excluding tert-OH is 2. The molecule has 0 saturated heterocycles. The van der Waals surface area contributed by atoms with E-state index in [0.717, 1.165) is 10.8 Å². The standard InChI is InChI=1S/C26H29ClFN3O6.CH4/c1-31(24(34)10-9-17-7-4-8-22(28)25(17)27)20(14-36-16-21(33)13-32)15-37-26(35)30-23-11-18-5-2-3-6-19(18)12-29-23;/h2-8,11-12,20-21,32-33H,9-10,13-16H2,1H3,(H,29,30,35);1H4/t20-,21+;/m0./s1. The second-order valence-electron chi connectivity index (χ2n) is 8.39. The van der Waals surface area contributed by atoms with Crippen LogP contribution in [0.5, 0.6) is 0 Å². The first kappa shape index (κ1) is 30.9. The van der Waals surface area contributed by atoms with Gasteiger partial charge >= 0.3 is 6.09 Å². The van der Waals surface area contributed by atoms with Crippen LogP contribution in [0.2, 0.25) is 5.02 Å². The molecule has 0 spiro atoms. The Morgan fingerprint density at radius 1 is 1.13 bits per heavy atom. The number of benzene rings is 2. The number of aromatic nitrogens is 1. The number of halogens is 2. The zero-order chi connectivity index (χ0) is 26.8. The predicted molar refractivity (Wildman–Crippen MR) is 144 cm³/mol. The average molecular weight is 550 g/mol. The van der Waals surface area contributed by atoms with Crippen LogP contribution in [-0.2, 0) is 20.7 Å². The highest BCUT2D eigenvalue weighted by molar-refractivity contribution is 6.31. The lowest BCUT2D eigenvalue weighted by Crippen LogP contribution is -2.44. The van der Waals surface area contributed by atoms with E-state index in [1.807, 2.05) is 24.3 Å². The fourth-order valence-corrected chi connectivity index (χ4v) is 3.71.